The van der Waals surface area contributed by atoms with E-state index < -0.39 is 11.4 Å². The van der Waals surface area contributed by atoms with Crippen LogP contribution in [0.1, 0.15) is 19.3 Å². The molecule has 0 bridgehead atoms. The van der Waals surface area contributed by atoms with Gasteiger partial charge in [0.1, 0.15) is 11.2 Å². The first kappa shape index (κ1) is 15.6. The van der Waals surface area contributed by atoms with Gasteiger partial charge in [-0.15, -0.1) is 0 Å². The first-order valence-corrected chi connectivity index (χ1v) is 7.21. The highest BCUT2D eigenvalue weighted by Gasteiger charge is 2.58. The molecule has 1 amide bonds. The molecule has 0 aliphatic heterocycles. The lowest BCUT2D eigenvalue weighted by Gasteiger charge is -2.21. The van der Waals surface area contributed by atoms with Crippen molar-refractivity contribution >= 4 is 23.5 Å². The molecular weight excluding hydrogens is 294 g/mol. The number of carboxylic acids is 1. The third-order valence-corrected chi connectivity index (χ3v) is 3.89. The molecule has 1 aliphatic rings. The number of hydrogen-bond acceptors (Lipinski definition) is 3. The molecule has 0 saturated heterocycles. The molecule has 1 aromatic carbocycles. The molecule has 2 rings (SSSR count). The van der Waals surface area contributed by atoms with Crippen molar-refractivity contribution in [1.29, 1.82) is 0 Å². The van der Waals surface area contributed by atoms with Crippen LogP contribution in [0.2, 0.25) is 5.02 Å². The quantitative estimate of drug-likeness (QED) is 0.620. The van der Waals surface area contributed by atoms with Crippen LogP contribution in [0.15, 0.2) is 24.3 Å². The molecular formula is C15H18ClNO4. The minimum atomic E-state index is -1.16. The van der Waals surface area contributed by atoms with Crippen molar-refractivity contribution in [3.63, 3.8) is 0 Å². The fourth-order valence-electron chi connectivity index (χ4n) is 2.13. The van der Waals surface area contributed by atoms with Crippen molar-refractivity contribution in [1.82, 2.24) is 4.90 Å². The zero-order chi connectivity index (χ0) is 15.5. The number of halogens is 1. The summed E-state index contributed by atoms with van der Waals surface area (Å²) in [5.74, 6) is -0.601. The number of carbonyl (C=O) groups excluding carboxylic acids is 1. The molecule has 0 radical (unpaired) electrons. The molecule has 0 unspecified atom stereocenters. The summed E-state index contributed by atoms with van der Waals surface area (Å²) >= 11 is 5.78. The third kappa shape index (κ3) is 3.67. The summed E-state index contributed by atoms with van der Waals surface area (Å²) in [7, 11) is 1.63. The standard InChI is InChI=1S/C15H18ClNO4/c1-17(13(18)15(7-8-15)14(19)20)9-2-10-21-12-5-3-11(16)4-6-12/h3-6H,2,7-10H2,1H3,(H,19,20). The van der Waals surface area contributed by atoms with Crippen LogP contribution in [0.4, 0.5) is 0 Å². The Hall–Kier alpha value is -1.75. The van der Waals surface area contributed by atoms with E-state index in [9.17, 15) is 9.59 Å². The number of benzene rings is 1. The van der Waals surface area contributed by atoms with Gasteiger partial charge in [0.25, 0.3) is 0 Å². The first-order valence-electron chi connectivity index (χ1n) is 6.83. The van der Waals surface area contributed by atoms with Gasteiger partial charge in [0.05, 0.1) is 6.61 Å². The normalized spacial score (nSPS) is 15.3. The minimum absolute atomic E-state index is 0.304. The fourth-order valence-corrected chi connectivity index (χ4v) is 2.26. The van der Waals surface area contributed by atoms with E-state index in [0.717, 1.165) is 5.75 Å². The number of hydrogen-bond donors (Lipinski definition) is 1. The van der Waals surface area contributed by atoms with Crippen molar-refractivity contribution in [2.75, 3.05) is 20.2 Å². The Labute approximate surface area is 128 Å². The largest absolute Gasteiger partial charge is 0.494 e. The Balaban J connectivity index is 1.72. The molecule has 5 nitrogen and oxygen atoms in total. The maximum absolute atomic E-state index is 12.1. The van der Waals surface area contributed by atoms with Gasteiger partial charge < -0.3 is 14.7 Å². The van der Waals surface area contributed by atoms with Gasteiger partial charge in [-0.05, 0) is 43.5 Å². The number of carbonyl (C=O) groups is 2. The molecule has 1 aromatic rings. The SMILES string of the molecule is CN(CCCOc1ccc(Cl)cc1)C(=O)C1(C(=O)O)CC1. The summed E-state index contributed by atoms with van der Waals surface area (Å²) in [5, 5.41) is 9.73. The van der Waals surface area contributed by atoms with E-state index in [1.165, 1.54) is 4.90 Å². The van der Waals surface area contributed by atoms with Gasteiger partial charge in [-0.1, -0.05) is 11.6 Å². The Kier molecular flexibility index (Phi) is 4.73. The topological polar surface area (TPSA) is 66.8 Å². The van der Waals surface area contributed by atoms with E-state index in [1.807, 2.05) is 0 Å². The predicted molar refractivity (Wildman–Crippen MR) is 78.5 cm³/mol. The molecule has 0 heterocycles. The summed E-state index contributed by atoms with van der Waals surface area (Å²) in [5.41, 5.74) is -1.16. The van der Waals surface area contributed by atoms with Gasteiger partial charge in [-0.3, -0.25) is 9.59 Å². The number of aliphatic carboxylic acids is 1. The molecule has 0 atom stereocenters. The summed E-state index contributed by atoms with van der Waals surface area (Å²) < 4.78 is 5.53. The second-order valence-corrected chi connectivity index (χ2v) is 5.71. The van der Waals surface area contributed by atoms with Gasteiger partial charge in [0.2, 0.25) is 5.91 Å². The minimum Gasteiger partial charge on any atom is -0.494 e. The highest BCUT2D eigenvalue weighted by molar-refractivity contribution is 6.30. The molecule has 1 N–H and O–H groups in total. The van der Waals surface area contributed by atoms with Crippen LogP contribution in [0.25, 0.3) is 0 Å². The number of rotatable bonds is 7. The smallest absolute Gasteiger partial charge is 0.319 e. The van der Waals surface area contributed by atoms with E-state index in [-0.39, 0.29) is 5.91 Å². The van der Waals surface area contributed by atoms with E-state index in [1.54, 1.807) is 31.3 Å². The van der Waals surface area contributed by atoms with E-state index >= 15 is 0 Å². The zero-order valence-electron chi connectivity index (χ0n) is 11.8. The highest BCUT2D eigenvalue weighted by Crippen LogP contribution is 2.47. The molecule has 21 heavy (non-hydrogen) atoms. The van der Waals surface area contributed by atoms with Gasteiger partial charge in [-0.25, -0.2) is 0 Å². The highest BCUT2D eigenvalue weighted by atomic mass is 35.5. The predicted octanol–water partition coefficient (Wildman–Crippen LogP) is 2.43. The monoisotopic (exact) mass is 311 g/mol. The van der Waals surface area contributed by atoms with E-state index in [4.69, 9.17) is 21.4 Å². The van der Waals surface area contributed by atoms with Crippen LogP contribution < -0.4 is 4.74 Å². The van der Waals surface area contributed by atoms with Crippen molar-refractivity contribution in [3.05, 3.63) is 29.3 Å². The van der Waals surface area contributed by atoms with Gasteiger partial charge in [-0.2, -0.15) is 0 Å². The summed E-state index contributed by atoms with van der Waals surface area (Å²) in [6.07, 6.45) is 1.51. The van der Waals surface area contributed by atoms with Crippen molar-refractivity contribution < 1.29 is 19.4 Å². The van der Waals surface area contributed by atoms with Crippen LogP contribution in [0.5, 0.6) is 5.75 Å². The van der Waals surface area contributed by atoms with Gasteiger partial charge in [0.15, 0.2) is 0 Å². The molecule has 114 valence electrons. The average Bonchev–Trinajstić information content (AvgIpc) is 3.26. The van der Waals surface area contributed by atoms with Crippen LogP contribution >= 0.6 is 11.6 Å². The molecule has 0 spiro atoms. The lowest BCUT2D eigenvalue weighted by atomic mass is 10.1. The fraction of sp³-hybridized carbons (Fsp3) is 0.467. The van der Waals surface area contributed by atoms with Crippen LogP contribution in [-0.4, -0.2) is 42.1 Å². The molecule has 0 aromatic heterocycles. The maximum atomic E-state index is 12.1. The van der Waals surface area contributed by atoms with Crippen LogP contribution in [-0.2, 0) is 9.59 Å². The lowest BCUT2D eigenvalue weighted by molar-refractivity contribution is -0.152. The zero-order valence-corrected chi connectivity index (χ0v) is 12.6. The second kappa shape index (κ2) is 6.35. The average molecular weight is 312 g/mol. The van der Waals surface area contributed by atoms with Crippen molar-refractivity contribution in [2.24, 2.45) is 5.41 Å². The Morgan fingerprint density at radius 2 is 1.95 bits per heavy atom. The van der Waals surface area contributed by atoms with Crippen molar-refractivity contribution in [3.8, 4) is 5.75 Å². The van der Waals surface area contributed by atoms with Crippen LogP contribution in [0.3, 0.4) is 0 Å². The summed E-state index contributed by atoms with van der Waals surface area (Å²) in [4.78, 5) is 24.6. The molecule has 1 fully saturated rings. The van der Waals surface area contributed by atoms with Gasteiger partial charge >= 0.3 is 5.97 Å². The van der Waals surface area contributed by atoms with Crippen LogP contribution in [0, 0.1) is 5.41 Å². The number of nitrogens with zero attached hydrogens (tertiary/aromatic N) is 1. The summed E-state index contributed by atoms with van der Waals surface area (Å²) in [6, 6.07) is 7.05. The first-order chi connectivity index (χ1) is 9.95. The number of carboxylic acid groups (broad SMARTS) is 1. The molecule has 6 heteroatoms. The van der Waals surface area contributed by atoms with E-state index in [0.29, 0.717) is 37.4 Å². The van der Waals surface area contributed by atoms with Crippen molar-refractivity contribution in [2.45, 2.75) is 19.3 Å². The third-order valence-electron chi connectivity index (χ3n) is 3.64. The number of ether oxygens (including phenoxy) is 1. The van der Waals surface area contributed by atoms with Gasteiger partial charge in [0, 0.05) is 18.6 Å². The van der Waals surface area contributed by atoms with E-state index in [2.05, 4.69) is 0 Å². The Bertz CT molecular complexity index is 525. The molecule has 1 aliphatic carbocycles. The lowest BCUT2D eigenvalue weighted by Crippen LogP contribution is -2.39. The Morgan fingerprint density at radius 1 is 1.33 bits per heavy atom. The Morgan fingerprint density at radius 3 is 2.48 bits per heavy atom. The maximum Gasteiger partial charge on any atom is 0.319 e. The summed E-state index contributed by atoms with van der Waals surface area (Å²) in [6.45, 7) is 0.931. The molecule has 1 saturated carbocycles. The number of amides is 1. The second-order valence-electron chi connectivity index (χ2n) is 5.27.